The lowest BCUT2D eigenvalue weighted by Gasteiger charge is -2.11. The van der Waals surface area contributed by atoms with Crippen molar-refractivity contribution in [2.75, 3.05) is 0 Å². The van der Waals surface area contributed by atoms with Gasteiger partial charge >= 0.3 is 0 Å². The van der Waals surface area contributed by atoms with Gasteiger partial charge in [0.15, 0.2) is 0 Å². The Hall–Kier alpha value is -3.62. The molecule has 4 aromatic carbocycles. The SMILES string of the molecule is O=[N+]([O-])c1ccc(-c2ccccc2SSc2ccccc2-c2ccc([N+](=O)[O-])cc2)cc1. The lowest BCUT2D eigenvalue weighted by Crippen LogP contribution is -1.88. The Morgan fingerprint density at radius 1 is 0.500 bits per heavy atom. The largest absolute Gasteiger partial charge is 0.269 e. The van der Waals surface area contributed by atoms with Crippen LogP contribution in [0.1, 0.15) is 0 Å². The highest BCUT2D eigenvalue weighted by Gasteiger charge is 2.12. The monoisotopic (exact) mass is 460 g/mol. The van der Waals surface area contributed by atoms with Crippen LogP contribution in [0.15, 0.2) is 107 Å². The first-order chi connectivity index (χ1) is 15.5. The van der Waals surface area contributed by atoms with Gasteiger partial charge in [-0.25, -0.2) is 0 Å². The maximum absolute atomic E-state index is 10.9. The minimum absolute atomic E-state index is 0.0604. The van der Waals surface area contributed by atoms with Crippen molar-refractivity contribution in [3.63, 3.8) is 0 Å². The van der Waals surface area contributed by atoms with Crippen molar-refractivity contribution >= 4 is 33.0 Å². The minimum atomic E-state index is -0.407. The Morgan fingerprint density at radius 2 is 0.844 bits per heavy atom. The molecule has 0 aromatic heterocycles. The molecule has 0 fully saturated rings. The first-order valence-electron chi connectivity index (χ1n) is 9.55. The van der Waals surface area contributed by atoms with E-state index in [0.717, 1.165) is 32.0 Å². The number of rotatable bonds is 7. The van der Waals surface area contributed by atoms with Gasteiger partial charge in [0.2, 0.25) is 0 Å². The Morgan fingerprint density at radius 3 is 1.19 bits per heavy atom. The molecular weight excluding hydrogens is 444 g/mol. The van der Waals surface area contributed by atoms with Crippen LogP contribution in [0.4, 0.5) is 11.4 Å². The third-order valence-corrected chi connectivity index (χ3v) is 7.26. The van der Waals surface area contributed by atoms with Gasteiger partial charge in [0.1, 0.15) is 0 Å². The van der Waals surface area contributed by atoms with Crippen molar-refractivity contribution in [3.8, 4) is 22.3 Å². The predicted molar refractivity (Wildman–Crippen MR) is 129 cm³/mol. The van der Waals surface area contributed by atoms with Gasteiger partial charge < -0.3 is 0 Å². The van der Waals surface area contributed by atoms with Crippen LogP contribution < -0.4 is 0 Å². The topological polar surface area (TPSA) is 86.3 Å². The summed E-state index contributed by atoms with van der Waals surface area (Å²) in [5.41, 5.74) is 3.92. The smallest absolute Gasteiger partial charge is 0.258 e. The van der Waals surface area contributed by atoms with Gasteiger partial charge in [-0.1, -0.05) is 58.0 Å². The zero-order valence-electron chi connectivity index (χ0n) is 16.6. The normalized spacial score (nSPS) is 10.6. The maximum Gasteiger partial charge on any atom is 0.269 e. The highest BCUT2D eigenvalue weighted by Crippen LogP contribution is 2.45. The summed E-state index contributed by atoms with van der Waals surface area (Å²) in [6.07, 6.45) is 0. The molecule has 0 saturated heterocycles. The van der Waals surface area contributed by atoms with Gasteiger partial charge in [-0.3, -0.25) is 20.2 Å². The van der Waals surface area contributed by atoms with Gasteiger partial charge in [0, 0.05) is 34.1 Å². The fourth-order valence-electron chi connectivity index (χ4n) is 3.17. The number of nitro benzene ring substituents is 2. The van der Waals surface area contributed by atoms with E-state index in [1.165, 1.54) is 24.3 Å². The number of hydrogen-bond donors (Lipinski definition) is 0. The first-order valence-corrected chi connectivity index (χ1v) is 11.7. The van der Waals surface area contributed by atoms with E-state index in [1.807, 2.05) is 48.5 Å². The number of hydrogen-bond acceptors (Lipinski definition) is 6. The van der Waals surface area contributed by atoms with Crippen molar-refractivity contribution in [2.24, 2.45) is 0 Å². The summed E-state index contributed by atoms with van der Waals surface area (Å²) in [6, 6.07) is 28.9. The van der Waals surface area contributed by atoms with E-state index in [0.29, 0.717) is 0 Å². The molecule has 32 heavy (non-hydrogen) atoms. The maximum atomic E-state index is 10.9. The fourth-order valence-corrected chi connectivity index (χ4v) is 5.58. The van der Waals surface area contributed by atoms with E-state index in [-0.39, 0.29) is 11.4 Å². The van der Waals surface area contributed by atoms with Crippen LogP contribution in [-0.4, -0.2) is 9.85 Å². The Balaban J connectivity index is 1.59. The van der Waals surface area contributed by atoms with Crippen molar-refractivity contribution in [2.45, 2.75) is 9.79 Å². The third kappa shape index (κ3) is 4.82. The number of nitro groups is 2. The van der Waals surface area contributed by atoms with Gasteiger partial charge in [0.05, 0.1) is 9.85 Å². The Kier molecular flexibility index (Phi) is 6.53. The molecule has 0 spiro atoms. The molecule has 0 unspecified atom stereocenters. The molecule has 0 aliphatic heterocycles. The molecule has 0 aliphatic carbocycles. The molecule has 0 heterocycles. The highest BCUT2D eigenvalue weighted by molar-refractivity contribution is 8.76. The van der Waals surface area contributed by atoms with Crippen molar-refractivity contribution < 1.29 is 9.85 Å². The zero-order chi connectivity index (χ0) is 22.5. The molecule has 8 heteroatoms. The van der Waals surface area contributed by atoms with E-state index in [2.05, 4.69) is 0 Å². The lowest BCUT2D eigenvalue weighted by molar-refractivity contribution is -0.385. The number of nitrogens with zero attached hydrogens (tertiary/aromatic N) is 2. The molecule has 4 aromatic rings. The third-order valence-electron chi connectivity index (χ3n) is 4.77. The summed E-state index contributed by atoms with van der Waals surface area (Å²) in [6.45, 7) is 0. The van der Waals surface area contributed by atoms with E-state index < -0.39 is 9.85 Å². The molecule has 6 nitrogen and oxygen atoms in total. The minimum Gasteiger partial charge on any atom is -0.258 e. The van der Waals surface area contributed by atoms with Gasteiger partial charge in [-0.15, -0.1) is 0 Å². The Bertz CT molecular complexity index is 1170. The fraction of sp³-hybridized carbons (Fsp3) is 0. The van der Waals surface area contributed by atoms with Gasteiger partial charge in [-0.2, -0.15) is 0 Å². The zero-order valence-corrected chi connectivity index (χ0v) is 18.2. The average molecular weight is 461 g/mol. The van der Waals surface area contributed by atoms with Gasteiger partial charge in [-0.05, 0) is 58.7 Å². The number of non-ortho nitro benzene ring substituents is 2. The van der Waals surface area contributed by atoms with E-state index >= 15 is 0 Å². The van der Waals surface area contributed by atoms with E-state index in [1.54, 1.807) is 45.9 Å². The molecular formula is C24H16N2O4S2. The lowest BCUT2D eigenvalue weighted by atomic mass is 10.1. The summed E-state index contributed by atoms with van der Waals surface area (Å²) in [7, 11) is 3.19. The van der Waals surface area contributed by atoms with Crippen LogP contribution >= 0.6 is 21.6 Å². The standard InChI is InChI=1S/C24H16N2O4S2/c27-25(28)19-13-9-17(10-14-19)21-5-1-3-7-23(21)31-32-24-8-4-2-6-22(24)18-11-15-20(16-12-18)26(29)30/h1-16H. The van der Waals surface area contributed by atoms with Crippen LogP contribution in [0.2, 0.25) is 0 Å². The van der Waals surface area contributed by atoms with Crippen LogP contribution in [0.3, 0.4) is 0 Å². The molecule has 0 saturated carbocycles. The van der Waals surface area contributed by atoms with Crippen LogP contribution in [-0.2, 0) is 0 Å². The van der Waals surface area contributed by atoms with Crippen LogP contribution in [0, 0.1) is 20.2 Å². The Labute approximate surface area is 192 Å². The summed E-state index contributed by atoms with van der Waals surface area (Å²) < 4.78 is 0. The van der Waals surface area contributed by atoms with E-state index in [4.69, 9.17) is 0 Å². The predicted octanol–water partition coefficient (Wildman–Crippen LogP) is 7.64. The van der Waals surface area contributed by atoms with Crippen LogP contribution in [0.5, 0.6) is 0 Å². The molecule has 0 atom stereocenters. The second-order valence-electron chi connectivity index (χ2n) is 6.77. The van der Waals surface area contributed by atoms with E-state index in [9.17, 15) is 20.2 Å². The quantitative estimate of drug-likeness (QED) is 0.160. The van der Waals surface area contributed by atoms with Crippen molar-refractivity contribution in [3.05, 3.63) is 117 Å². The molecule has 4 rings (SSSR count). The molecule has 0 N–H and O–H groups in total. The first kappa shape index (κ1) is 21.6. The van der Waals surface area contributed by atoms with Crippen molar-refractivity contribution in [1.82, 2.24) is 0 Å². The summed E-state index contributed by atoms with van der Waals surface area (Å²) in [5.74, 6) is 0. The van der Waals surface area contributed by atoms with Gasteiger partial charge in [0.25, 0.3) is 11.4 Å². The summed E-state index contributed by atoms with van der Waals surface area (Å²) >= 11 is 0. The molecule has 0 amide bonds. The molecule has 0 aliphatic rings. The molecule has 158 valence electrons. The summed E-state index contributed by atoms with van der Waals surface area (Å²) in [4.78, 5) is 23.1. The number of benzene rings is 4. The second-order valence-corrected chi connectivity index (χ2v) is 8.98. The van der Waals surface area contributed by atoms with Crippen LogP contribution in [0.25, 0.3) is 22.3 Å². The average Bonchev–Trinajstić information content (AvgIpc) is 2.83. The van der Waals surface area contributed by atoms with Crippen molar-refractivity contribution in [1.29, 1.82) is 0 Å². The molecule has 0 radical (unpaired) electrons. The second kappa shape index (κ2) is 9.67. The summed E-state index contributed by atoms with van der Waals surface area (Å²) in [5, 5.41) is 21.9. The highest BCUT2D eigenvalue weighted by atomic mass is 33.1. The molecule has 0 bridgehead atoms.